The quantitative estimate of drug-likeness (QED) is 0.934. The van der Waals surface area contributed by atoms with E-state index < -0.39 is 0 Å². The Morgan fingerprint density at radius 1 is 1.24 bits per heavy atom. The van der Waals surface area contributed by atoms with Crippen molar-refractivity contribution in [2.75, 3.05) is 0 Å². The summed E-state index contributed by atoms with van der Waals surface area (Å²) in [4.78, 5) is 35.7. The van der Waals surface area contributed by atoms with Gasteiger partial charge in [0, 0.05) is 34.1 Å². The molecule has 1 aliphatic carbocycles. The fourth-order valence-corrected chi connectivity index (χ4v) is 2.51. The molecule has 21 heavy (non-hydrogen) atoms. The van der Waals surface area contributed by atoms with E-state index >= 15 is 0 Å². The molecule has 0 radical (unpaired) electrons. The van der Waals surface area contributed by atoms with E-state index in [9.17, 15) is 19.5 Å². The van der Waals surface area contributed by atoms with Gasteiger partial charge in [-0.15, -0.1) is 0 Å². The molecule has 1 heterocycles. The van der Waals surface area contributed by atoms with Gasteiger partial charge < -0.3 is 9.52 Å². The fourth-order valence-electron chi connectivity index (χ4n) is 2.51. The van der Waals surface area contributed by atoms with Gasteiger partial charge in [-0.05, 0) is 25.1 Å². The van der Waals surface area contributed by atoms with Gasteiger partial charge in [-0.25, -0.2) is 0 Å². The minimum absolute atomic E-state index is 0.0535. The lowest BCUT2D eigenvalue weighted by Crippen LogP contribution is -2.18. The maximum Gasteiger partial charge on any atom is 0.190 e. The first-order valence-electron chi connectivity index (χ1n) is 6.45. The highest BCUT2D eigenvalue weighted by Crippen LogP contribution is 2.30. The predicted octanol–water partition coefficient (Wildman–Crippen LogP) is 2.21. The Bertz CT molecular complexity index is 823. The van der Waals surface area contributed by atoms with Crippen LogP contribution in [-0.4, -0.2) is 22.5 Å². The molecular weight excluding hydrogens is 272 g/mol. The third kappa shape index (κ3) is 2.11. The van der Waals surface area contributed by atoms with Gasteiger partial charge in [-0.3, -0.25) is 14.4 Å². The summed E-state index contributed by atoms with van der Waals surface area (Å²) in [6.07, 6.45) is 2.56. The number of hydrogen-bond donors (Lipinski definition) is 1. The Morgan fingerprint density at radius 3 is 2.67 bits per heavy atom. The zero-order valence-corrected chi connectivity index (χ0v) is 11.3. The number of benzene rings is 1. The Hall–Kier alpha value is -2.53. The molecule has 0 fully saturated rings. The molecule has 0 aliphatic heterocycles. The van der Waals surface area contributed by atoms with Crippen LogP contribution in [-0.2, 0) is 11.4 Å². The monoisotopic (exact) mass is 284 g/mol. The number of hydrogen-bond acceptors (Lipinski definition) is 5. The van der Waals surface area contributed by atoms with Crippen LogP contribution in [0.4, 0.5) is 0 Å². The second kappa shape index (κ2) is 4.79. The Kier molecular flexibility index (Phi) is 3.07. The summed E-state index contributed by atoms with van der Waals surface area (Å²) in [6.45, 7) is 1.16. The van der Waals surface area contributed by atoms with E-state index in [1.807, 2.05) is 0 Å². The highest BCUT2D eigenvalue weighted by atomic mass is 16.3. The number of carbonyl (C=O) groups is 3. The minimum Gasteiger partial charge on any atom is -0.464 e. The molecule has 5 heteroatoms. The standard InChI is InChI=1S/C16H12O5/c1-8(18)2-9-3-14(19)12-4-11-10(6-17)7-21-15(11)5-13(12)16(9)20/h3-5,7,17H,2,6H2,1H3. The molecule has 0 atom stereocenters. The molecule has 5 nitrogen and oxygen atoms in total. The average molecular weight is 284 g/mol. The van der Waals surface area contributed by atoms with E-state index in [1.54, 1.807) is 6.07 Å². The van der Waals surface area contributed by atoms with Crippen LogP contribution in [0.25, 0.3) is 11.0 Å². The Labute approximate surface area is 119 Å². The molecular formula is C16H12O5. The van der Waals surface area contributed by atoms with Gasteiger partial charge >= 0.3 is 0 Å². The van der Waals surface area contributed by atoms with Gasteiger partial charge in [0.05, 0.1) is 12.9 Å². The highest BCUT2D eigenvalue weighted by molar-refractivity contribution is 6.26. The van der Waals surface area contributed by atoms with E-state index in [0.717, 1.165) is 0 Å². The van der Waals surface area contributed by atoms with Crippen LogP contribution in [0.2, 0.25) is 0 Å². The van der Waals surface area contributed by atoms with Crippen LogP contribution in [0.15, 0.2) is 34.5 Å². The van der Waals surface area contributed by atoms with Crippen LogP contribution in [0.5, 0.6) is 0 Å². The van der Waals surface area contributed by atoms with Crippen molar-refractivity contribution < 1.29 is 23.9 Å². The summed E-state index contributed by atoms with van der Waals surface area (Å²) < 4.78 is 5.30. The lowest BCUT2D eigenvalue weighted by atomic mass is 9.86. The van der Waals surface area contributed by atoms with E-state index in [-0.39, 0.29) is 47.1 Å². The van der Waals surface area contributed by atoms with Gasteiger partial charge in [0.25, 0.3) is 0 Å². The summed E-state index contributed by atoms with van der Waals surface area (Å²) >= 11 is 0. The third-order valence-corrected chi connectivity index (χ3v) is 3.51. The molecule has 3 rings (SSSR count). The normalized spacial score (nSPS) is 14.3. The van der Waals surface area contributed by atoms with Gasteiger partial charge in [-0.2, -0.15) is 0 Å². The zero-order chi connectivity index (χ0) is 15.1. The van der Waals surface area contributed by atoms with Crippen LogP contribution in [0.3, 0.4) is 0 Å². The lowest BCUT2D eigenvalue weighted by molar-refractivity contribution is -0.116. The van der Waals surface area contributed by atoms with Crippen LogP contribution >= 0.6 is 0 Å². The van der Waals surface area contributed by atoms with Gasteiger partial charge in [0.2, 0.25) is 0 Å². The molecule has 0 unspecified atom stereocenters. The van der Waals surface area contributed by atoms with Crippen molar-refractivity contribution >= 4 is 28.3 Å². The summed E-state index contributed by atoms with van der Waals surface area (Å²) in [5.41, 5.74) is 1.71. The van der Waals surface area contributed by atoms with E-state index in [1.165, 1.54) is 25.3 Å². The molecule has 2 aromatic rings. The largest absolute Gasteiger partial charge is 0.464 e. The number of furan rings is 1. The van der Waals surface area contributed by atoms with Crippen molar-refractivity contribution in [3.05, 3.63) is 46.7 Å². The molecule has 0 spiro atoms. The van der Waals surface area contributed by atoms with Crippen LogP contribution < -0.4 is 0 Å². The zero-order valence-electron chi connectivity index (χ0n) is 11.3. The Morgan fingerprint density at radius 2 is 2.00 bits per heavy atom. The fraction of sp³-hybridized carbons (Fsp3) is 0.188. The van der Waals surface area contributed by atoms with Crippen molar-refractivity contribution in [1.29, 1.82) is 0 Å². The first kappa shape index (κ1) is 13.5. The SMILES string of the molecule is CC(=O)CC1=CC(=O)c2cc3c(CO)coc3cc2C1=O. The van der Waals surface area contributed by atoms with Crippen molar-refractivity contribution in [2.45, 2.75) is 20.0 Å². The first-order chi connectivity index (χ1) is 10.0. The molecule has 1 aromatic heterocycles. The number of carbonyl (C=O) groups excluding carboxylic acids is 3. The number of aliphatic hydroxyl groups is 1. The van der Waals surface area contributed by atoms with Gasteiger partial charge in [-0.1, -0.05) is 0 Å². The number of fused-ring (bicyclic) bond motifs is 2. The highest BCUT2D eigenvalue weighted by Gasteiger charge is 2.27. The van der Waals surface area contributed by atoms with Crippen LogP contribution in [0, 0.1) is 0 Å². The molecule has 1 aliphatic rings. The van der Waals surface area contributed by atoms with E-state index in [0.29, 0.717) is 16.5 Å². The molecule has 1 aromatic carbocycles. The van der Waals surface area contributed by atoms with Crippen molar-refractivity contribution in [3.8, 4) is 0 Å². The van der Waals surface area contributed by atoms with Crippen LogP contribution in [0.1, 0.15) is 39.6 Å². The number of rotatable bonds is 3. The number of allylic oxidation sites excluding steroid dienone is 2. The number of aliphatic hydroxyl groups excluding tert-OH is 1. The summed E-state index contributed by atoms with van der Waals surface area (Å²) in [7, 11) is 0. The van der Waals surface area contributed by atoms with E-state index in [4.69, 9.17) is 4.42 Å². The van der Waals surface area contributed by atoms with Crippen molar-refractivity contribution in [1.82, 2.24) is 0 Å². The lowest BCUT2D eigenvalue weighted by Gasteiger charge is -2.14. The van der Waals surface area contributed by atoms with Crippen molar-refractivity contribution in [2.24, 2.45) is 0 Å². The third-order valence-electron chi connectivity index (χ3n) is 3.51. The summed E-state index contributed by atoms with van der Waals surface area (Å²) in [5, 5.41) is 9.84. The number of ketones is 3. The van der Waals surface area contributed by atoms with E-state index in [2.05, 4.69) is 0 Å². The summed E-state index contributed by atoms with van der Waals surface area (Å²) in [6, 6.07) is 3.05. The molecule has 0 amide bonds. The van der Waals surface area contributed by atoms with Gasteiger partial charge in [0.15, 0.2) is 11.6 Å². The Balaban J connectivity index is 2.17. The smallest absolute Gasteiger partial charge is 0.190 e. The molecule has 0 saturated carbocycles. The molecule has 0 saturated heterocycles. The predicted molar refractivity (Wildman–Crippen MR) is 74.2 cm³/mol. The second-order valence-corrected chi connectivity index (χ2v) is 5.05. The minimum atomic E-state index is -0.330. The molecule has 106 valence electrons. The number of Topliss-reactive ketones (excluding diaryl/α,β-unsaturated/α-hetero) is 2. The van der Waals surface area contributed by atoms with Crippen molar-refractivity contribution in [3.63, 3.8) is 0 Å². The van der Waals surface area contributed by atoms with Gasteiger partial charge in [0.1, 0.15) is 11.4 Å². The average Bonchev–Trinajstić information content (AvgIpc) is 2.84. The molecule has 0 bridgehead atoms. The first-order valence-corrected chi connectivity index (χ1v) is 6.45. The molecule has 1 N–H and O–H groups in total. The maximum absolute atomic E-state index is 12.4. The maximum atomic E-state index is 12.4. The summed E-state index contributed by atoms with van der Waals surface area (Å²) in [5.74, 6) is -0.816. The topological polar surface area (TPSA) is 84.6 Å². The second-order valence-electron chi connectivity index (χ2n) is 5.05.